The topological polar surface area (TPSA) is 70.1 Å². The molecule has 176 valence electrons. The number of benzene rings is 2. The van der Waals surface area contributed by atoms with Crippen LogP contribution < -0.4 is 10.6 Å². The zero-order chi connectivity index (χ0) is 25.0. The first-order valence-electron chi connectivity index (χ1n) is 11.0. The van der Waals surface area contributed by atoms with Crippen molar-refractivity contribution in [3.8, 4) is 6.07 Å². The predicted molar refractivity (Wildman–Crippen MR) is 124 cm³/mol. The van der Waals surface area contributed by atoms with Crippen molar-refractivity contribution in [1.82, 2.24) is 0 Å². The molecule has 1 aliphatic carbocycles. The number of carbonyl (C=O) groups is 1. The minimum Gasteiger partial charge on any atom is -0.384 e. The summed E-state index contributed by atoms with van der Waals surface area (Å²) in [4.78, 5) is 14.8. The van der Waals surface area contributed by atoms with Gasteiger partial charge in [0.25, 0.3) is 0 Å². The molecule has 0 aromatic heterocycles. The van der Waals surface area contributed by atoms with Crippen molar-refractivity contribution in [3.63, 3.8) is 0 Å². The molecule has 1 unspecified atom stereocenters. The number of carbonyl (C=O) groups excluding carboxylic acids is 1. The highest BCUT2D eigenvalue weighted by Gasteiger charge is 2.46. The Bertz CT molecular complexity index is 1290. The molecule has 2 N–H and O–H groups in total. The maximum atomic E-state index is 14.0. The minimum atomic E-state index is -4.64. The van der Waals surface area contributed by atoms with E-state index in [1.54, 1.807) is 0 Å². The second kappa shape index (κ2) is 8.05. The number of alkyl halides is 3. The van der Waals surface area contributed by atoms with E-state index in [0.717, 1.165) is 22.8 Å². The summed E-state index contributed by atoms with van der Waals surface area (Å²) < 4.78 is 41.9. The number of aryl methyl sites for hydroxylation is 2. The van der Waals surface area contributed by atoms with Gasteiger partial charge in [-0.15, -0.1) is 0 Å². The Labute approximate surface area is 197 Å². The number of anilines is 1. The van der Waals surface area contributed by atoms with Crippen LogP contribution in [-0.4, -0.2) is 5.78 Å². The molecule has 0 saturated heterocycles. The molecule has 0 fully saturated rings. The van der Waals surface area contributed by atoms with E-state index in [0.29, 0.717) is 17.7 Å². The van der Waals surface area contributed by atoms with E-state index in [4.69, 9.17) is 5.73 Å². The zero-order valence-electron chi connectivity index (χ0n) is 19.5. The molecule has 0 radical (unpaired) electrons. The van der Waals surface area contributed by atoms with Crippen molar-refractivity contribution in [2.75, 3.05) is 4.90 Å². The van der Waals surface area contributed by atoms with Crippen LogP contribution in [0, 0.1) is 30.6 Å². The number of nitrogens with zero attached hydrogens (tertiary/aromatic N) is 2. The fourth-order valence-corrected chi connectivity index (χ4v) is 5.15. The molecule has 1 aliphatic heterocycles. The van der Waals surface area contributed by atoms with Gasteiger partial charge >= 0.3 is 6.18 Å². The lowest BCUT2D eigenvalue weighted by Gasteiger charge is -2.44. The third-order valence-electron chi connectivity index (χ3n) is 6.57. The molecule has 2 aromatic rings. The lowest BCUT2D eigenvalue weighted by Crippen LogP contribution is -2.42. The van der Waals surface area contributed by atoms with E-state index < -0.39 is 23.1 Å². The van der Waals surface area contributed by atoms with Gasteiger partial charge in [0.1, 0.15) is 5.82 Å². The van der Waals surface area contributed by atoms with Crippen molar-refractivity contribution >= 4 is 11.5 Å². The quantitative estimate of drug-likeness (QED) is 0.568. The molecule has 1 heterocycles. The number of para-hydroxylation sites is 1. The van der Waals surface area contributed by atoms with Crippen molar-refractivity contribution in [2.45, 2.75) is 52.6 Å². The molecule has 0 spiro atoms. The van der Waals surface area contributed by atoms with E-state index in [1.807, 2.05) is 45.9 Å². The summed E-state index contributed by atoms with van der Waals surface area (Å²) in [5.74, 6) is -0.974. The summed E-state index contributed by atoms with van der Waals surface area (Å²) in [6, 6.07) is 13.0. The first kappa shape index (κ1) is 23.6. The highest BCUT2D eigenvalue weighted by atomic mass is 19.4. The third kappa shape index (κ3) is 3.87. The maximum Gasteiger partial charge on any atom is 0.418 e. The average Bonchev–Trinajstić information content (AvgIpc) is 2.72. The largest absolute Gasteiger partial charge is 0.418 e. The first-order chi connectivity index (χ1) is 15.9. The lowest BCUT2D eigenvalue weighted by molar-refractivity contribution is -0.137. The van der Waals surface area contributed by atoms with Gasteiger partial charge in [-0.3, -0.25) is 9.69 Å². The van der Waals surface area contributed by atoms with Crippen LogP contribution in [0.2, 0.25) is 0 Å². The van der Waals surface area contributed by atoms with Crippen molar-refractivity contribution < 1.29 is 18.0 Å². The van der Waals surface area contributed by atoms with E-state index >= 15 is 0 Å². The van der Waals surface area contributed by atoms with Crippen LogP contribution in [0.25, 0.3) is 0 Å². The van der Waals surface area contributed by atoms with Crippen molar-refractivity contribution in [3.05, 3.63) is 87.4 Å². The van der Waals surface area contributed by atoms with Gasteiger partial charge in [-0.05, 0) is 48.9 Å². The highest BCUT2D eigenvalue weighted by Crippen LogP contribution is 2.52. The van der Waals surface area contributed by atoms with Crippen molar-refractivity contribution in [1.29, 1.82) is 5.26 Å². The van der Waals surface area contributed by atoms with E-state index in [1.165, 1.54) is 23.1 Å². The number of ketones is 1. The van der Waals surface area contributed by atoms with Crippen LogP contribution in [0.5, 0.6) is 0 Å². The lowest BCUT2D eigenvalue weighted by atomic mass is 9.68. The molecule has 4 rings (SSSR count). The van der Waals surface area contributed by atoms with E-state index in [2.05, 4.69) is 6.07 Å². The maximum absolute atomic E-state index is 14.0. The summed E-state index contributed by atoms with van der Waals surface area (Å²) in [6.07, 6.45) is -4.05. The molecule has 4 nitrogen and oxygen atoms in total. The molecule has 2 aromatic carbocycles. The number of halogens is 3. The van der Waals surface area contributed by atoms with Crippen LogP contribution in [-0.2, 0) is 11.0 Å². The van der Waals surface area contributed by atoms with Crippen molar-refractivity contribution in [2.24, 2.45) is 11.1 Å². The molecule has 7 heteroatoms. The molecule has 34 heavy (non-hydrogen) atoms. The summed E-state index contributed by atoms with van der Waals surface area (Å²) in [7, 11) is 0. The number of allylic oxidation sites excluding steroid dienone is 3. The van der Waals surface area contributed by atoms with Crippen LogP contribution in [0.3, 0.4) is 0 Å². The molecule has 1 atom stereocenters. The summed E-state index contributed by atoms with van der Waals surface area (Å²) >= 11 is 0. The Morgan fingerprint density at radius 3 is 2.41 bits per heavy atom. The molecule has 0 saturated carbocycles. The van der Waals surface area contributed by atoms with E-state index in [-0.39, 0.29) is 29.3 Å². The Morgan fingerprint density at radius 1 is 1.12 bits per heavy atom. The fraction of sp³-hybridized carbons (Fsp3) is 0.333. The van der Waals surface area contributed by atoms with E-state index in [9.17, 15) is 23.2 Å². The van der Waals surface area contributed by atoms with Gasteiger partial charge in [0.2, 0.25) is 0 Å². The summed E-state index contributed by atoms with van der Waals surface area (Å²) in [5, 5.41) is 10.1. The Morgan fingerprint density at radius 2 is 1.79 bits per heavy atom. The van der Waals surface area contributed by atoms with Gasteiger partial charge in [-0.2, -0.15) is 18.4 Å². The summed E-state index contributed by atoms with van der Waals surface area (Å²) in [5.41, 5.74) is 8.51. The van der Waals surface area contributed by atoms with Gasteiger partial charge in [0.05, 0.1) is 28.8 Å². The molecular formula is C27H26F3N3O. The number of hydrogen-bond donors (Lipinski definition) is 1. The first-order valence-corrected chi connectivity index (χ1v) is 11.0. The molecule has 2 aliphatic rings. The smallest absolute Gasteiger partial charge is 0.384 e. The molecular weight excluding hydrogens is 439 g/mol. The van der Waals surface area contributed by atoms with Gasteiger partial charge < -0.3 is 5.73 Å². The zero-order valence-corrected chi connectivity index (χ0v) is 19.5. The Kier molecular flexibility index (Phi) is 5.59. The minimum absolute atomic E-state index is 0.0755. The summed E-state index contributed by atoms with van der Waals surface area (Å²) in [6.45, 7) is 7.67. The normalized spacial score (nSPS) is 20.4. The van der Waals surface area contributed by atoms with Crippen LogP contribution >= 0.6 is 0 Å². The second-order valence-electron chi connectivity index (χ2n) is 9.86. The van der Waals surface area contributed by atoms with Gasteiger partial charge in [0, 0.05) is 17.7 Å². The number of Topliss-reactive ketones (excluding diaryl/α,β-unsaturated/α-hetero) is 1. The monoisotopic (exact) mass is 465 g/mol. The van der Waals surface area contributed by atoms with Gasteiger partial charge in [-0.1, -0.05) is 49.7 Å². The predicted octanol–water partition coefficient (Wildman–Crippen LogP) is 6.26. The third-order valence-corrected chi connectivity index (χ3v) is 6.57. The highest BCUT2D eigenvalue weighted by molar-refractivity contribution is 6.02. The SMILES string of the molecule is Cc1ccc(C2C(C#N)=C(N)N(c3ccccc3C(F)(F)F)C3=C2C(=O)CC(C)(C)C3)c(C)c1. The fourth-order valence-electron chi connectivity index (χ4n) is 5.15. The van der Waals surface area contributed by atoms with Crippen LogP contribution in [0.15, 0.2) is 65.1 Å². The van der Waals surface area contributed by atoms with Gasteiger partial charge in [-0.25, -0.2) is 0 Å². The number of nitrogens with two attached hydrogens (primary N) is 1. The molecule has 0 bridgehead atoms. The number of rotatable bonds is 2. The average molecular weight is 466 g/mol. The van der Waals surface area contributed by atoms with Gasteiger partial charge in [0.15, 0.2) is 5.78 Å². The Balaban J connectivity index is 2.07. The number of nitriles is 1. The van der Waals surface area contributed by atoms with Crippen LogP contribution in [0.4, 0.5) is 18.9 Å². The van der Waals surface area contributed by atoms with Crippen LogP contribution in [0.1, 0.15) is 54.9 Å². The number of hydrogen-bond acceptors (Lipinski definition) is 4. The second-order valence-corrected chi connectivity index (χ2v) is 9.86. The molecule has 0 amide bonds. The standard InChI is InChI=1S/C27H26F3N3O/c1-15-9-10-17(16(2)11-15)23-18(14-31)25(32)33(20-8-6-5-7-19(20)27(28,29)30)21-12-26(3,4)13-22(34)24(21)23/h5-11,23H,12-13,32H2,1-4H3. The Hall–Kier alpha value is -3.53.